The number of hydrogen-bond donors (Lipinski definition) is 1. The molecule has 0 spiro atoms. The fourth-order valence-electron chi connectivity index (χ4n) is 2.22. The van der Waals surface area contributed by atoms with Crippen LogP contribution >= 0.6 is 11.3 Å². The van der Waals surface area contributed by atoms with E-state index in [-0.39, 0.29) is 12.1 Å². The number of hydrogen-bond acceptors (Lipinski definition) is 4. The van der Waals surface area contributed by atoms with E-state index in [1.54, 1.807) is 11.3 Å². The number of nitrogens with two attached hydrogens (primary N) is 1. The highest BCUT2D eigenvalue weighted by Crippen LogP contribution is 2.22. The molecule has 3 nitrogen and oxygen atoms in total. The van der Waals surface area contributed by atoms with Crippen molar-refractivity contribution in [2.24, 2.45) is 5.73 Å². The van der Waals surface area contributed by atoms with Gasteiger partial charge in [-0.2, -0.15) is 11.3 Å². The summed E-state index contributed by atoms with van der Waals surface area (Å²) in [5.41, 5.74) is 8.48. The molecule has 4 heteroatoms. The predicted molar refractivity (Wildman–Crippen MR) is 76.4 cm³/mol. The average molecular weight is 261 g/mol. The second-order valence-electron chi connectivity index (χ2n) is 4.61. The maximum absolute atomic E-state index is 6.12. The molecule has 0 bridgehead atoms. The van der Waals surface area contributed by atoms with Gasteiger partial charge in [0.25, 0.3) is 0 Å². The predicted octanol–water partition coefficient (Wildman–Crippen LogP) is 2.66. The second-order valence-corrected chi connectivity index (χ2v) is 5.39. The third-order valence-corrected chi connectivity index (χ3v) is 3.71. The minimum absolute atomic E-state index is 0.0449. The fraction of sp³-hybridized carbons (Fsp3) is 0.357. The van der Waals surface area contributed by atoms with Crippen molar-refractivity contribution >= 4 is 11.3 Å². The lowest BCUT2D eigenvalue weighted by atomic mass is 10.0. The van der Waals surface area contributed by atoms with E-state index in [9.17, 15) is 0 Å². The van der Waals surface area contributed by atoms with Crippen LogP contribution in [0.15, 0.2) is 41.2 Å². The van der Waals surface area contributed by atoms with Crippen LogP contribution in [-0.4, -0.2) is 23.0 Å². The van der Waals surface area contributed by atoms with Gasteiger partial charge in [-0.25, -0.2) is 0 Å². The Kier molecular flexibility index (Phi) is 4.47. The summed E-state index contributed by atoms with van der Waals surface area (Å²) < 4.78 is 0. The zero-order chi connectivity index (χ0) is 13.0. The minimum Gasteiger partial charge on any atom is -0.326 e. The van der Waals surface area contributed by atoms with E-state index >= 15 is 0 Å². The van der Waals surface area contributed by atoms with Gasteiger partial charge in [0.1, 0.15) is 0 Å². The van der Waals surface area contributed by atoms with Gasteiger partial charge in [-0.1, -0.05) is 6.07 Å². The van der Waals surface area contributed by atoms with Crippen molar-refractivity contribution in [2.75, 3.05) is 7.05 Å². The third kappa shape index (κ3) is 3.16. The Bertz CT molecular complexity index is 453. The van der Waals surface area contributed by atoms with Crippen molar-refractivity contribution < 1.29 is 0 Å². The number of nitrogens with zero attached hydrogens (tertiary/aromatic N) is 2. The topological polar surface area (TPSA) is 42.1 Å². The van der Waals surface area contributed by atoms with Gasteiger partial charge in [0.05, 0.1) is 11.7 Å². The quantitative estimate of drug-likeness (QED) is 0.899. The fourth-order valence-corrected chi connectivity index (χ4v) is 2.88. The molecule has 2 rings (SSSR count). The van der Waals surface area contributed by atoms with E-state index in [0.29, 0.717) is 0 Å². The van der Waals surface area contributed by atoms with E-state index < -0.39 is 0 Å². The molecule has 0 aliphatic heterocycles. The number of aromatic nitrogens is 1. The Labute approximate surface area is 112 Å². The Balaban J connectivity index is 2.15. The molecule has 0 aromatic carbocycles. The molecule has 0 amide bonds. The van der Waals surface area contributed by atoms with Gasteiger partial charge >= 0.3 is 0 Å². The lowest BCUT2D eigenvalue weighted by Crippen LogP contribution is -2.37. The summed E-state index contributed by atoms with van der Waals surface area (Å²) in [6, 6.07) is 8.32. The number of thiophene rings is 1. The first kappa shape index (κ1) is 13.2. The van der Waals surface area contributed by atoms with Gasteiger partial charge in [-0.15, -0.1) is 0 Å². The Morgan fingerprint density at radius 1 is 1.39 bits per heavy atom. The third-order valence-electron chi connectivity index (χ3n) is 2.98. The second kappa shape index (κ2) is 6.09. The van der Waals surface area contributed by atoms with Crippen LogP contribution in [0.3, 0.4) is 0 Å². The van der Waals surface area contributed by atoms with E-state index in [4.69, 9.17) is 5.73 Å². The molecule has 2 aromatic rings. The largest absolute Gasteiger partial charge is 0.326 e. The number of likely N-dealkylation sites (N-methyl/N-ethyl adjacent to an activating group) is 1. The average Bonchev–Trinajstić information content (AvgIpc) is 2.83. The van der Waals surface area contributed by atoms with Crippen molar-refractivity contribution in [3.63, 3.8) is 0 Å². The molecule has 18 heavy (non-hydrogen) atoms. The SMILES string of the molecule is CC(N)C(c1ccccn1)N(C)Cc1ccsc1. The smallest absolute Gasteiger partial charge is 0.0671 e. The first-order valence-corrected chi connectivity index (χ1v) is 7.00. The van der Waals surface area contributed by atoms with Crippen molar-refractivity contribution in [1.29, 1.82) is 0 Å². The van der Waals surface area contributed by atoms with Gasteiger partial charge < -0.3 is 5.73 Å². The highest BCUT2D eigenvalue weighted by molar-refractivity contribution is 7.07. The summed E-state index contributed by atoms with van der Waals surface area (Å²) in [6.45, 7) is 2.93. The van der Waals surface area contributed by atoms with Gasteiger partial charge in [0.15, 0.2) is 0 Å². The van der Waals surface area contributed by atoms with Crippen LogP contribution in [0.1, 0.15) is 24.2 Å². The summed E-state index contributed by atoms with van der Waals surface area (Å²) in [6.07, 6.45) is 1.82. The summed E-state index contributed by atoms with van der Waals surface area (Å²) in [4.78, 5) is 6.69. The molecule has 2 aromatic heterocycles. The lowest BCUT2D eigenvalue weighted by Gasteiger charge is -2.30. The summed E-state index contributed by atoms with van der Waals surface area (Å²) >= 11 is 1.72. The van der Waals surface area contributed by atoms with Gasteiger partial charge in [-0.05, 0) is 48.5 Å². The molecule has 96 valence electrons. The highest BCUT2D eigenvalue weighted by atomic mass is 32.1. The number of rotatable bonds is 5. The Hall–Kier alpha value is -1.23. The molecular formula is C14H19N3S. The first-order valence-electron chi connectivity index (χ1n) is 6.06. The van der Waals surface area contributed by atoms with Crippen molar-refractivity contribution in [1.82, 2.24) is 9.88 Å². The van der Waals surface area contributed by atoms with Gasteiger partial charge in [0, 0.05) is 18.8 Å². The van der Waals surface area contributed by atoms with Crippen LogP contribution in [0, 0.1) is 0 Å². The molecule has 2 N–H and O–H groups in total. The molecule has 0 aliphatic rings. The molecule has 0 fully saturated rings. The Morgan fingerprint density at radius 3 is 2.78 bits per heavy atom. The van der Waals surface area contributed by atoms with Crippen molar-refractivity contribution in [2.45, 2.75) is 25.6 Å². The van der Waals surface area contributed by atoms with E-state index in [0.717, 1.165) is 12.2 Å². The standard InChI is InChI=1S/C14H19N3S/c1-11(15)14(13-5-3-4-7-16-13)17(2)9-12-6-8-18-10-12/h3-8,10-11,14H,9,15H2,1-2H3. The molecule has 0 radical (unpaired) electrons. The number of pyridine rings is 1. The van der Waals surface area contributed by atoms with Gasteiger partial charge in [0.2, 0.25) is 0 Å². The van der Waals surface area contributed by atoms with Crippen molar-refractivity contribution in [3.8, 4) is 0 Å². The monoisotopic (exact) mass is 261 g/mol. The lowest BCUT2D eigenvalue weighted by molar-refractivity contribution is 0.207. The van der Waals surface area contributed by atoms with Crippen LogP contribution in [0.4, 0.5) is 0 Å². The summed E-state index contributed by atoms with van der Waals surface area (Å²) in [5.74, 6) is 0. The van der Waals surface area contributed by atoms with E-state index in [2.05, 4.69) is 33.8 Å². The normalized spacial score (nSPS) is 14.7. The van der Waals surface area contributed by atoms with Crippen LogP contribution in [0.25, 0.3) is 0 Å². The maximum Gasteiger partial charge on any atom is 0.0671 e. The molecule has 2 atom stereocenters. The first-order chi connectivity index (χ1) is 8.68. The van der Waals surface area contributed by atoms with E-state index in [1.165, 1.54) is 5.56 Å². The highest BCUT2D eigenvalue weighted by Gasteiger charge is 2.22. The van der Waals surface area contributed by atoms with E-state index in [1.807, 2.05) is 31.3 Å². The Morgan fingerprint density at radius 2 is 2.22 bits per heavy atom. The molecule has 2 unspecified atom stereocenters. The summed E-state index contributed by atoms with van der Waals surface area (Å²) in [5, 5.41) is 4.28. The zero-order valence-electron chi connectivity index (χ0n) is 10.8. The van der Waals surface area contributed by atoms with Crippen LogP contribution in [0.5, 0.6) is 0 Å². The summed E-state index contributed by atoms with van der Waals surface area (Å²) in [7, 11) is 2.10. The van der Waals surface area contributed by atoms with Gasteiger partial charge in [-0.3, -0.25) is 9.88 Å². The van der Waals surface area contributed by atoms with Crippen molar-refractivity contribution in [3.05, 3.63) is 52.5 Å². The molecule has 0 aliphatic carbocycles. The molecular weight excluding hydrogens is 242 g/mol. The molecule has 2 heterocycles. The minimum atomic E-state index is 0.0449. The molecule has 0 saturated heterocycles. The molecule has 0 saturated carbocycles. The van der Waals surface area contributed by atoms with Crippen LogP contribution < -0.4 is 5.73 Å². The van der Waals surface area contributed by atoms with Crippen LogP contribution in [-0.2, 0) is 6.54 Å². The van der Waals surface area contributed by atoms with Crippen LogP contribution in [0.2, 0.25) is 0 Å². The zero-order valence-corrected chi connectivity index (χ0v) is 11.6. The maximum atomic E-state index is 6.12.